The molecule has 126 valence electrons. The van der Waals surface area contributed by atoms with Gasteiger partial charge in [-0.05, 0) is 59.4 Å². The molecule has 1 aliphatic rings. The summed E-state index contributed by atoms with van der Waals surface area (Å²) in [6.07, 6.45) is 0. The topological polar surface area (TPSA) is 3.24 Å². The van der Waals surface area contributed by atoms with Crippen molar-refractivity contribution in [2.75, 3.05) is 11.9 Å². The van der Waals surface area contributed by atoms with E-state index in [4.69, 9.17) is 0 Å². The van der Waals surface area contributed by atoms with Gasteiger partial charge in [0.2, 0.25) is 0 Å². The number of fused-ring (bicyclic) bond motifs is 3. The van der Waals surface area contributed by atoms with E-state index in [0.29, 0.717) is 0 Å². The second-order valence-corrected chi connectivity index (χ2v) is 7.70. The molecule has 0 saturated heterocycles. The van der Waals surface area contributed by atoms with Gasteiger partial charge in [-0.25, -0.2) is 0 Å². The Morgan fingerprint density at radius 1 is 0.720 bits per heavy atom. The zero-order valence-electron chi connectivity index (χ0n) is 15.7. The summed E-state index contributed by atoms with van der Waals surface area (Å²) < 4.78 is 0. The molecule has 0 fully saturated rings. The molecule has 0 aromatic heterocycles. The molecule has 25 heavy (non-hydrogen) atoms. The average molecular weight is 327 g/mol. The Kier molecular flexibility index (Phi) is 3.50. The van der Waals surface area contributed by atoms with Crippen LogP contribution in [0.4, 0.5) is 11.4 Å². The van der Waals surface area contributed by atoms with Crippen molar-refractivity contribution < 1.29 is 0 Å². The maximum Gasteiger partial charge on any atom is 0.0467 e. The number of para-hydroxylation sites is 1. The van der Waals surface area contributed by atoms with E-state index in [1.54, 1.807) is 0 Å². The average Bonchev–Trinajstić information content (AvgIpc) is 2.83. The fourth-order valence-corrected chi connectivity index (χ4v) is 4.36. The van der Waals surface area contributed by atoms with Crippen molar-refractivity contribution in [2.45, 2.75) is 33.1 Å². The highest BCUT2D eigenvalue weighted by atomic mass is 15.1. The smallest absolute Gasteiger partial charge is 0.0467 e. The zero-order chi connectivity index (χ0) is 17.8. The first kappa shape index (κ1) is 16.0. The van der Waals surface area contributed by atoms with Gasteiger partial charge in [0.15, 0.2) is 0 Å². The minimum absolute atomic E-state index is 0.0452. The van der Waals surface area contributed by atoms with Gasteiger partial charge in [0.25, 0.3) is 0 Å². The summed E-state index contributed by atoms with van der Waals surface area (Å²) in [7, 11) is 2.17. The number of nitrogens with zero attached hydrogens (tertiary/aromatic N) is 1. The van der Waals surface area contributed by atoms with E-state index in [2.05, 4.69) is 100 Å². The van der Waals surface area contributed by atoms with Crippen LogP contribution in [0.1, 0.15) is 36.1 Å². The Balaban J connectivity index is 1.85. The van der Waals surface area contributed by atoms with Crippen molar-refractivity contribution in [1.82, 2.24) is 0 Å². The molecule has 1 nitrogen and oxygen atoms in total. The highest BCUT2D eigenvalue weighted by molar-refractivity contribution is 5.83. The predicted molar refractivity (Wildman–Crippen MR) is 108 cm³/mol. The Hall–Kier alpha value is -2.54. The van der Waals surface area contributed by atoms with Crippen molar-refractivity contribution in [3.63, 3.8) is 0 Å². The highest BCUT2D eigenvalue weighted by Gasteiger charge is 2.35. The number of benzene rings is 3. The normalized spacial score (nSPS) is 14.1. The van der Waals surface area contributed by atoms with Gasteiger partial charge in [0.05, 0.1) is 0 Å². The summed E-state index contributed by atoms with van der Waals surface area (Å²) in [6, 6.07) is 22.2. The van der Waals surface area contributed by atoms with Crippen LogP contribution in [0, 0.1) is 13.8 Å². The first-order chi connectivity index (χ1) is 11.9. The van der Waals surface area contributed by atoms with Crippen LogP contribution in [0.25, 0.3) is 11.1 Å². The fourth-order valence-electron chi connectivity index (χ4n) is 4.36. The first-order valence-electron chi connectivity index (χ1n) is 8.95. The zero-order valence-corrected chi connectivity index (χ0v) is 15.7. The molecule has 3 aromatic carbocycles. The highest BCUT2D eigenvalue weighted by Crippen LogP contribution is 2.49. The van der Waals surface area contributed by atoms with Crippen LogP contribution in [-0.4, -0.2) is 7.05 Å². The first-order valence-corrected chi connectivity index (χ1v) is 8.95. The van der Waals surface area contributed by atoms with Crippen LogP contribution in [0.2, 0.25) is 0 Å². The molecule has 0 heterocycles. The van der Waals surface area contributed by atoms with E-state index in [9.17, 15) is 0 Å². The predicted octanol–water partition coefficient (Wildman–Crippen LogP) is 6.38. The molecule has 0 N–H and O–H groups in total. The number of hydrogen-bond donors (Lipinski definition) is 0. The maximum absolute atomic E-state index is 2.38. The SMILES string of the molecule is Cc1cccc(C)c1N(C)c1ccc2c(c1)C(C)(C)c1ccccc1-2. The molecule has 0 unspecified atom stereocenters. The van der Waals surface area contributed by atoms with E-state index in [1.165, 1.54) is 44.8 Å². The molecule has 0 aliphatic heterocycles. The maximum atomic E-state index is 2.38. The van der Waals surface area contributed by atoms with E-state index in [-0.39, 0.29) is 5.41 Å². The molecule has 0 atom stereocenters. The van der Waals surface area contributed by atoms with Crippen LogP contribution in [0.3, 0.4) is 0 Å². The lowest BCUT2D eigenvalue weighted by molar-refractivity contribution is 0.660. The van der Waals surface area contributed by atoms with Gasteiger partial charge in [-0.3, -0.25) is 0 Å². The second kappa shape index (κ2) is 5.49. The van der Waals surface area contributed by atoms with Gasteiger partial charge in [-0.15, -0.1) is 0 Å². The van der Waals surface area contributed by atoms with Crippen LogP contribution in [0.5, 0.6) is 0 Å². The molecule has 0 amide bonds. The van der Waals surface area contributed by atoms with Crippen LogP contribution < -0.4 is 4.90 Å². The minimum Gasteiger partial charge on any atom is -0.344 e. The standard InChI is InChI=1S/C24H25N/c1-16-9-8-10-17(2)23(16)25(5)18-13-14-20-19-11-6-7-12-21(19)24(3,4)22(20)15-18/h6-15H,1-5H3. The number of rotatable bonds is 2. The lowest BCUT2D eigenvalue weighted by Crippen LogP contribution is -2.17. The summed E-state index contributed by atoms with van der Waals surface area (Å²) in [4.78, 5) is 2.32. The third-order valence-corrected chi connectivity index (χ3v) is 5.73. The Morgan fingerprint density at radius 3 is 2.08 bits per heavy atom. The van der Waals surface area contributed by atoms with Gasteiger partial charge in [0.1, 0.15) is 0 Å². The van der Waals surface area contributed by atoms with Crippen molar-refractivity contribution in [3.8, 4) is 11.1 Å². The van der Waals surface area contributed by atoms with E-state index >= 15 is 0 Å². The van der Waals surface area contributed by atoms with Crippen molar-refractivity contribution >= 4 is 11.4 Å². The van der Waals surface area contributed by atoms with Crippen molar-refractivity contribution in [2.24, 2.45) is 0 Å². The number of hydrogen-bond acceptors (Lipinski definition) is 1. The molecule has 1 aliphatic carbocycles. The Morgan fingerprint density at radius 2 is 1.36 bits per heavy atom. The Labute approximate surface area is 150 Å². The molecule has 0 spiro atoms. The van der Waals surface area contributed by atoms with Gasteiger partial charge < -0.3 is 4.90 Å². The third-order valence-electron chi connectivity index (χ3n) is 5.73. The third kappa shape index (κ3) is 2.30. The molecule has 1 heteroatoms. The van der Waals surface area contributed by atoms with Gasteiger partial charge in [0, 0.05) is 23.8 Å². The van der Waals surface area contributed by atoms with Crippen molar-refractivity contribution in [1.29, 1.82) is 0 Å². The monoisotopic (exact) mass is 327 g/mol. The second-order valence-electron chi connectivity index (χ2n) is 7.70. The van der Waals surface area contributed by atoms with Crippen molar-refractivity contribution in [3.05, 3.63) is 82.9 Å². The van der Waals surface area contributed by atoms with Gasteiger partial charge in [-0.1, -0.05) is 62.4 Å². The summed E-state index contributed by atoms with van der Waals surface area (Å²) in [6.45, 7) is 9.04. The van der Waals surface area contributed by atoms with Gasteiger partial charge >= 0.3 is 0 Å². The number of aryl methyl sites for hydroxylation is 2. The molecular weight excluding hydrogens is 302 g/mol. The number of anilines is 2. The Bertz CT molecular complexity index is 945. The molecule has 4 rings (SSSR count). The van der Waals surface area contributed by atoms with Crippen LogP contribution in [0.15, 0.2) is 60.7 Å². The molecule has 0 bridgehead atoms. The molecule has 3 aromatic rings. The summed E-state index contributed by atoms with van der Waals surface area (Å²) in [5.74, 6) is 0. The molecular formula is C24H25N. The van der Waals surface area contributed by atoms with E-state index in [1.807, 2.05) is 0 Å². The largest absolute Gasteiger partial charge is 0.344 e. The molecule has 0 saturated carbocycles. The summed E-state index contributed by atoms with van der Waals surface area (Å²) >= 11 is 0. The van der Waals surface area contributed by atoms with Gasteiger partial charge in [-0.2, -0.15) is 0 Å². The fraction of sp³-hybridized carbons (Fsp3) is 0.250. The molecule has 0 radical (unpaired) electrons. The summed E-state index contributed by atoms with van der Waals surface area (Å²) in [5.41, 5.74) is 10.8. The van der Waals surface area contributed by atoms with E-state index in [0.717, 1.165) is 0 Å². The quantitative estimate of drug-likeness (QED) is 0.528. The van der Waals surface area contributed by atoms with E-state index < -0.39 is 0 Å². The lowest BCUT2D eigenvalue weighted by Gasteiger charge is -2.27. The van der Waals surface area contributed by atoms with Crippen LogP contribution >= 0.6 is 0 Å². The minimum atomic E-state index is 0.0452. The van der Waals surface area contributed by atoms with Crippen LogP contribution in [-0.2, 0) is 5.41 Å². The summed E-state index contributed by atoms with van der Waals surface area (Å²) in [5, 5.41) is 0. The lowest BCUT2D eigenvalue weighted by atomic mass is 9.82.